The van der Waals surface area contributed by atoms with Crippen LogP contribution in [0.3, 0.4) is 0 Å². The summed E-state index contributed by atoms with van der Waals surface area (Å²) in [4.78, 5) is 23.3. The standard InChI is InChI=1S/C22H40N6O2/c1-9-22(10-2,27-20(29)30-21(4,5)6)16-26-19(23-11-3)25-15-17-12-13-24-18(14-17)28(7)8/h12-14H,9-11,15-16H2,1-8H3,(H,27,29)(H2,23,25,26). The van der Waals surface area contributed by atoms with Crippen LogP contribution in [-0.4, -0.2) is 55.4 Å². The number of nitrogens with one attached hydrogen (secondary N) is 3. The van der Waals surface area contributed by atoms with E-state index < -0.39 is 17.2 Å². The van der Waals surface area contributed by atoms with E-state index in [1.165, 1.54) is 0 Å². The van der Waals surface area contributed by atoms with Gasteiger partial charge in [-0.1, -0.05) is 13.8 Å². The lowest BCUT2D eigenvalue weighted by Gasteiger charge is -2.34. The topological polar surface area (TPSA) is 90.9 Å². The molecule has 1 aromatic rings. The number of aromatic nitrogens is 1. The van der Waals surface area contributed by atoms with Crippen molar-refractivity contribution in [2.45, 2.75) is 72.1 Å². The minimum absolute atomic E-state index is 0.400. The third-order valence-corrected chi connectivity index (χ3v) is 4.75. The number of alkyl carbamates (subject to hydrolysis) is 1. The highest BCUT2D eigenvalue weighted by atomic mass is 16.6. The lowest BCUT2D eigenvalue weighted by molar-refractivity contribution is 0.0448. The van der Waals surface area contributed by atoms with Crippen LogP contribution in [0.2, 0.25) is 0 Å². The predicted molar refractivity (Wildman–Crippen MR) is 124 cm³/mol. The Bertz CT molecular complexity index is 693. The summed E-state index contributed by atoms with van der Waals surface area (Å²) in [7, 11) is 3.93. The number of hydrogen-bond donors (Lipinski definition) is 3. The minimum Gasteiger partial charge on any atom is -0.444 e. The predicted octanol–water partition coefficient (Wildman–Crippen LogP) is 3.29. The van der Waals surface area contributed by atoms with Crippen molar-refractivity contribution in [3.05, 3.63) is 23.9 Å². The smallest absolute Gasteiger partial charge is 0.408 e. The first-order valence-corrected chi connectivity index (χ1v) is 10.7. The van der Waals surface area contributed by atoms with Crippen molar-refractivity contribution in [3.63, 3.8) is 0 Å². The summed E-state index contributed by atoms with van der Waals surface area (Å²) in [5, 5.41) is 9.71. The molecular weight excluding hydrogens is 380 g/mol. The third-order valence-electron chi connectivity index (χ3n) is 4.75. The lowest BCUT2D eigenvalue weighted by atomic mass is 9.93. The zero-order valence-corrected chi connectivity index (χ0v) is 19.9. The summed E-state index contributed by atoms with van der Waals surface area (Å²) >= 11 is 0. The van der Waals surface area contributed by atoms with Crippen molar-refractivity contribution >= 4 is 17.9 Å². The third kappa shape index (κ3) is 8.88. The molecule has 8 nitrogen and oxygen atoms in total. The van der Waals surface area contributed by atoms with E-state index in [0.29, 0.717) is 19.0 Å². The Hall–Kier alpha value is -2.51. The molecule has 3 N–H and O–H groups in total. The van der Waals surface area contributed by atoms with E-state index >= 15 is 0 Å². The molecule has 1 amide bonds. The molecule has 170 valence electrons. The van der Waals surface area contributed by atoms with Gasteiger partial charge in [0.25, 0.3) is 0 Å². The van der Waals surface area contributed by atoms with Gasteiger partial charge >= 0.3 is 6.09 Å². The fourth-order valence-electron chi connectivity index (χ4n) is 2.81. The molecule has 0 aliphatic rings. The van der Waals surface area contributed by atoms with Crippen LogP contribution in [0.5, 0.6) is 0 Å². The van der Waals surface area contributed by atoms with E-state index in [1.54, 1.807) is 6.20 Å². The van der Waals surface area contributed by atoms with E-state index in [4.69, 9.17) is 9.73 Å². The van der Waals surface area contributed by atoms with Gasteiger partial charge in [-0.05, 0) is 58.2 Å². The van der Waals surface area contributed by atoms with E-state index in [1.807, 2.05) is 58.8 Å². The second kappa shape index (κ2) is 11.6. The molecule has 0 fully saturated rings. The van der Waals surface area contributed by atoms with Crippen LogP contribution in [0.1, 0.15) is 59.9 Å². The summed E-state index contributed by atoms with van der Waals surface area (Å²) in [6, 6.07) is 3.99. The maximum absolute atomic E-state index is 12.3. The molecule has 0 bridgehead atoms. The number of amides is 1. The molecule has 0 radical (unpaired) electrons. The molecule has 1 rings (SSSR count). The van der Waals surface area contributed by atoms with E-state index in [-0.39, 0.29) is 0 Å². The molecule has 8 heteroatoms. The van der Waals surface area contributed by atoms with Gasteiger partial charge in [-0.25, -0.2) is 14.8 Å². The number of rotatable bonds is 9. The summed E-state index contributed by atoms with van der Waals surface area (Å²) < 4.78 is 5.45. The normalized spacial score (nSPS) is 12.3. The van der Waals surface area contributed by atoms with Crippen molar-refractivity contribution in [1.29, 1.82) is 0 Å². The highest BCUT2D eigenvalue weighted by Gasteiger charge is 2.30. The second-order valence-corrected chi connectivity index (χ2v) is 8.58. The largest absolute Gasteiger partial charge is 0.444 e. The zero-order chi connectivity index (χ0) is 22.8. The number of nitrogens with zero attached hydrogens (tertiary/aromatic N) is 3. The number of ether oxygens (including phenoxy) is 1. The molecule has 0 aromatic carbocycles. The maximum atomic E-state index is 12.3. The molecule has 0 aliphatic heterocycles. The number of guanidine groups is 1. The average molecular weight is 421 g/mol. The Labute approximate surface area is 181 Å². The van der Waals surface area contributed by atoms with Gasteiger partial charge in [-0.2, -0.15) is 0 Å². The fourth-order valence-corrected chi connectivity index (χ4v) is 2.81. The quantitative estimate of drug-likeness (QED) is 0.419. The van der Waals surface area contributed by atoms with Crippen LogP contribution in [0, 0.1) is 0 Å². The van der Waals surface area contributed by atoms with Crippen LogP contribution < -0.4 is 20.9 Å². The molecule has 30 heavy (non-hydrogen) atoms. The van der Waals surface area contributed by atoms with Crippen LogP contribution in [0.4, 0.5) is 10.6 Å². The van der Waals surface area contributed by atoms with Crippen LogP contribution in [0.15, 0.2) is 23.3 Å². The second-order valence-electron chi connectivity index (χ2n) is 8.58. The maximum Gasteiger partial charge on any atom is 0.408 e. The Kier molecular flexibility index (Phi) is 9.89. The zero-order valence-electron chi connectivity index (χ0n) is 19.9. The first-order chi connectivity index (χ1) is 14.0. The first-order valence-electron chi connectivity index (χ1n) is 10.7. The molecule has 1 heterocycles. The summed E-state index contributed by atoms with van der Waals surface area (Å²) in [5.74, 6) is 1.61. The monoisotopic (exact) mass is 420 g/mol. The number of hydrogen-bond acceptors (Lipinski definition) is 5. The molecule has 0 spiro atoms. The van der Waals surface area contributed by atoms with Crippen molar-refractivity contribution < 1.29 is 9.53 Å². The molecule has 0 saturated carbocycles. The van der Waals surface area contributed by atoms with Crippen LogP contribution in [0.25, 0.3) is 0 Å². The molecular formula is C22H40N6O2. The Morgan fingerprint density at radius 1 is 1.17 bits per heavy atom. The van der Waals surface area contributed by atoms with Crippen molar-refractivity contribution in [2.24, 2.45) is 4.99 Å². The van der Waals surface area contributed by atoms with Crippen molar-refractivity contribution in [3.8, 4) is 0 Å². The number of pyridine rings is 1. The Morgan fingerprint density at radius 2 is 1.83 bits per heavy atom. The van der Waals surface area contributed by atoms with Gasteiger partial charge in [-0.15, -0.1) is 0 Å². The summed E-state index contributed by atoms with van der Waals surface area (Å²) in [6.07, 6.45) is 2.94. The summed E-state index contributed by atoms with van der Waals surface area (Å²) in [5.41, 5.74) is 0.125. The Morgan fingerprint density at radius 3 is 2.37 bits per heavy atom. The van der Waals surface area contributed by atoms with Gasteiger partial charge in [-0.3, -0.25) is 0 Å². The highest BCUT2D eigenvalue weighted by molar-refractivity contribution is 5.80. The molecule has 1 aromatic heterocycles. The lowest BCUT2D eigenvalue weighted by Crippen LogP contribution is -2.57. The van der Waals surface area contributed by atoms with Crippen LogP contribution in [-0.2, 0) is 11.3 Å². The first kappa shape index (κ1) is 25.5. The van der Waals surface area contributed by atoms with Crippen molar-refractivity contribution in [1.82, 2.24) is 20.9 Å². The number of carbonyl (C=O) groups excluding carboxylic acids is 1. The molecule has 0 saturated heterocycles. The SMILES string of the molecule is CCNC(=NCc1ccnc(N(C)C)c1)NCC(CC)(CC)NC(=O)OC(C)(C)C. The van der Waals surface area contributed by atoms with Crippen LogP contribution >= 0.6 is 0 Å². The molecule has 0 atom stereocenters. The number of aliphatic imine (C=N–C) groups is 1. The number of carbonyl (C=O) groups is 1. The van der Waals surface area contributed by atoms with Gasteiger partial charge in [0.15, 0.2) is 5.96 Å². The minimum atomic E-state index is -0.531. The van der Waals surface area contributed by atoms with Gasteiger partial charge in [0.1, 0.15) is 11.4 Å². The Balaban J connectivity index is 2.85. The van der Waals surface area contributed by atoms with Crippen molar-refractivity contribution in [2.75, 3.05) is 32.1 Å². The van der Waals surface area contributed by atoms with E-state index in [0.717, 1.165) is 30.8 Å². The summed E-state index contributed by atoms with van der Waals surface area (Å²) in [6.45, 7) is 13.6. The van der Waals surface area contributed by atoms with Gasteiger partial charge in [0.2, 0.25) is 0 Å². The number of anilines is 1. The van der Waals surface area contributed by atoms with Gasteiger partial charge in [0.05, 0.1) is 12.1 Å². The fraction of sp³-hybridized carbons (Fsp3) is 0.682. The van der Waals surface area contributed by atoms with Gasteiger partial charge < -0.3 is 25.6 Å². The average Bonchev–Trinajstić information content (AvgIpc) is 2.67. The van der Waals surface area contributed by atoms with E-state index in [9.17, 15) is 4.79 Å². The molecule has 0 aliphatic carbocycles. The highest BCUT2D eigenvalue weighted by Crippen LogP contribution is 2.16. The van der Waals surface area contributed by atoms with E-state index in [2.05, 4.69) is 34.8 Å². The molecule has 0 unspecified atom stereocenters. The van der Waals surface area contributed by atoms with Gasteiger partial charge in [0, 0.05) is 33.4 Å².